The van der Waals surface area contributed by atoms with Crippen molar-refractivity contribution >= 4 is 5.91 Å². The van der Waals surface area contributed by atoms with E-state index in [9.17, 15) is 18.0 Å². The number of benzene rings is 1. The lowest BCUT2D eigenvalue weighted by molar-refractivity contribution is -0.137. The van der Waals surface area contributed by atoms with Gasteiger partial charge in [-0.3, -0.25) is 9.48 Å². The molecule has 1 atom stereocenters. The number of carbonyl (C=O) groups is 1. The van der Waals surface area contributed by atoms with E-state index in [0.717, 1.165) is 12.1 Å². The van der Waals surface area contributed by atoms with E-state index < -0.39 is 17.8 Å². The van der Waals surface area contributed by atoms with Crippen LogP contribution in [0.1, 0.15) is 41.5 Å². The van der Waals surface area contributed by atoms with Gasteiger partial charge in [0.1, 0.15) is 5.69 Å². The first-order valence-electron chi connectivity index (χ1n) is 7.21. The van der Waals surface area contributed by atoms with Crippen LogP contribution in [0, 0.1) is 0 Å². The molecule has 1 aromatic carbocycles. The van der Waals surface area contributed by atoms with Crippen LogP contribution in [0.4, 0.5) is 13.2 Å². The van der Waals surface area contributed by atoms with Crippen LogP contribution in [0.5, 0.6) is 0 Å². The molecule has 23 heavy (non-hydrogen) atoms. The van der Waals surface area contributed by atoms with Gasteiger partial charge in [0.15, 0.2) is 0 Å². The van der Waals surface area contributed by atoms with Crippen molar-refractivity contribution in [1.29, 1.82) is 0 Å². The van der Waals surface area contributed by atoms with Crippen LogP contribution in [-0.2, 0) is 13.2 Å². The minimum atomic E-state index is -4.40. The molecular formula is C16H18F3N3O. The van der Waals surface area contributed by atoms with Crippen LogP contribution in [0.25, 0.3) is 0 Å². The van der Waals surface area contributed by atoms with Crippen LogP contribution in [0.3, 0.4) is 0 Å². The van der Waals surface area contributed by atoms with E-state index in [2.05, 4.69) is 5.10 Å². The van der Waals surface area contributed by atoms with Gasteiger partial charge in [0, 0.05) is 19.8 Å². The quantitative estimate of drug-likeness (QED) is 0.860. The zero-order valence-corrected chi connectivity index (χ0v) is 13.1. The minimum Gasteiger partial charge on any atom is -0.331 e. The molecule has 1 heterocycles. The summed E-state index contributed by atoms with van der Waals surface area (Å²) in [5.41, 5.74) is 0.119. The summed E-state index contributed by atoms with van der Waals surface area (Å²) in [5, 5.41) is 3.95. The Morgan fingerprint density at radius 3 is 2.57 bits per heavy atom. The monoisotopic (exact) mass is 325 g/mol. The highest BCUT2D eigenvalue weighted by molar-refractivity contribution is 5.92. The molecule has 0 fully saturated rings. The Morgan fingerprint density at radius 1 is 1.35 bits per heavy atom. The largest absolute Gasteiger partial charge is 0.416 e. The average Bonchev–Trinajstić information content (AvgIpc) is 2.93. The Labute approximate surface area is 132 Å². The fraction of sp³-hybridized carbons (Fsp3) is 0.375. The topological polar surface area (TPSA) is 38.1 Å². The number of aromatic nitrogens is 2. The highest BCUT2D eigenvalue weighted by atomic mass is 19.4. The number of hydrogen-bond donors (Lipinski definition) is 0. The molecule has 0 aliphatic rings. The summed E-state index contributed by atoms with van der Waals surface area (Å²) in [6.45, 7) is 3.88. The Morgan fingerprint density at radius 2 is 2.04 bits per heavy atom. The van der Waals surface area contributed by atoms with Crippen molar-refractivity contribution in [2.75, 3.05) is 6.54 Å². The van der Waals surface area contributed by atoms with Crippen molar-refractivity contribution in [1.82, 2.24) is 14.7 Å². The van der Waals surface area contributed by atoms with E-state index in [1.54, 1.807) is 33.0 Å². The summed E-state index contributed by atoms with van der Waals surface area (Å²) in [6, 6.07) is 6.17. The predicted octanol–water partition coefficient (Wildman–Crippen LogP) is 3.66. The molecule has 1 aromatic heterocycles. The Bertz CT molecular complexity index is 694. The van der Waals surface area contributed by atoms with Crippen LogP contribution in [-0.4, -0.2) is 27.1 Å². The minimum absolute atomic E-state index is 0.266. The third kappa shape index (κ3) is 3.55. The molecule has 2 aromatic rings. The molecule has 0 N–H and O–H groups in total. The van der Waals surface area contributed by atoms with Crippen molar-refractivity contribution in [2.24, 2.45) is 7.05 Å². The van der Waals surface area contributed by atoms with E-state index in [1.807, 2.05) is 0 Å². The highest BCUT2D eigenvalue weighted by Crippen LogP contribution is 2.32. The van der Waals surface area contributed by atoms with Crippen molar-refractivity contribution < 1.29 is 18.0 Å². The summed E-state index contributed by atoms with van der Waals surface area (Å²) in [7, 11) is 1.65. The standard InChI is InChI=1S/C16H18F3N3O/c1-4-22(15(23)14-8-9-20-21(14)3)11(2)12-6-5-7-13(10-12)16(17,18)19/h5-11H,4H2,1-3H3/t11-/m0/s1. The number of aryl methyl sites for hydroxylation is 1. The van der Waals surface area contributed by atoms with Gasteiger partial charge in [-0.1, -0.05) is 12.1 Å². The molecule has 0 saturated carbocycles. The van der Waals surface area contributed by atoms with Gasteiger partial charge in [0.25, 0.3) is 5.91 Å². The van der Waals surface area contributed by atoms with Crippen molar-refractivity contribution in [3.8, 4) is 0 Å². The summed E-state index contributed by atoms with van der Waals surface area (Å²) in [4.78, 5) is 14.1. The van der Waals surface area contributed by atoms with Gasteiger partial charge in [-0.05, 0) is 37.6 Å². The fourth-order valence-corrected chi connectivity index (χ4v) is 2.48. The van der Waals surface area contributed by atoms with Gasteiger partial charge < -0.3 is 4.90 Å². The third-order valence-electron chi connectivity index (χ3n) is 3.81. The maximum Gasteiger partial charge on any atom is 0.416 e. The highest BCUT2D eigenvalue weighted by Gasteiger charge is 2.31. The van der Waals surface area contributed by atoms with Crippen LogP contribution in [0.2, 0.25) is 0 Å². The smallest absolute Gasteiger partial charge is 0.331 e. The molecule has 0 aliphatic heterocycles. The zero-order valence-electron chi connectivity index (χ0n) is 13.1. The van der Waals surface area contributed by atoms with Gasteiger partial charge in [-0.2, -0.15) is 18.3 Å². The van der Waals surface area contributed by atoms with Crippen LogP contribution >= 0.6 is 0 Å². The van der Waals surface area contributed by atoms with Crippen LogP contribution < -0.4 is 0 Å². The first-order chi connectivity index (χ1) is 10.8. The first kappa shape index (κ1) is 17.1. The molecule has 4 nitrogen and oxygen atoms in total. The van der Waals surface area contributed by atoms with Crippen LogP contribution in [0.15, 0.2) is 36.5 Å². The summed E-state index contributed by atoms with van der Waals surface area (Å²) >= 11 is 0. The van der Waals surface area contributed by atoms with Crippen molar-refractivity contribution in [2.45, 2.75) is 26.1 Å². The number of rotatable bonds is 4. The maximum absolute atomic E-state index is 12.9. The molecule has 124 valence electrons. The average molecular weight is 325 g/mol. The molecule has 0 radical (unpaired) electrons. The number of alkyl halides is 3. The predicted molar refractivity (Wildman–Crippen MR) is 79.8 cm³/mol. The second-order valence-corrected chi connectivity index (χ2v) is 5.23. The summed E-state index contributed by atoms with van der Waals surface area (Å²) in [5.74, 6) is -0.266. The molecule has 0 aliphatic carbocycles. The second-order valence-electron chi connectivity index (χ2n) is 5.23. The number of amides is 1. The molecule has 1 amide bonds. The number of nitrogens with zero attached hydrogens (tertiary/aromatic N) is 3. The van der Waals surface area contributed by atoms with Gasteiger partial charge in [-0.15, -0.1) is 0 Å². The molecule has 0 spiro atoms. The van der Waals surface area contributed by atoms with Crippen molar-refractivity contribution in [3.05, 3.63) is 53.3 Å². The van der Waals surface area contributed by atoms with Gasteiger partial charge in [-0.25, -0.2) is 0 Å². The Hall–Kier alpha value is -2.31. The molecule has 2 rings (SSSR count). The van der Waals surface area contributed by atoms with Gasteiger partial charge in [0.05, 0.1) is 11.6 Å². The first-order valence-corrected chi connectivity index (χ1v) is 7.21. The molecule has 0 unspecified atom stereocenters. The normalized spacial score (nSPS) is 13.0. The van der Waals surface area contributed by atoms with E-state index >= 15 is 0 Å². The summed E-state index contributed by atoms with van der Waals surface area (Å²) < 4.78 is 40.0. The molecule has 7 heteroatoms. The number of hydrogen-bond acceptors (Lipinski definition) is 2. The molecular weight excluding hydrogens is 307 g/mol. The van der Waals surface area contributed by atoms with E-state index in [4.69, 9.17) is 0 Å². The Balaban J connectivity index is 2.32. The van der Waals surface area contributed by atoms with E-state index in [-0.39, 0.29) is 5.91 Å². The van der Waals surface area contributed by atoms with Gasteiger partial charge >= 0.3 is 6.18 Å². The zero-order chi connectivity index (χ0) is 17.2. The maximum atomic E-state index is 12.9. The van der Waals surface area contributed by atoms with E-state index in [0.29, 0.717) is 17.8 Å². The number of carbonyl (C=O) groups excluding carboxylic acids is 1. The van der Waals surface area contributed by atoms with Gasteiger partial charge in [0.2, 0.25) is 0 Å². The lowest BCUT2D eigenvalue weighted by atomic mass is 10.0. The third-order valence-corrected chi connectivity index (χ3v) is 3.81. The fourth-order valence-electron chi connectivity index (χ4n) is 2.48. The SMILES string of the molecule is CCN(C(=O)c1ccnn1C)[C@@H](C)c1cccc(C(F)(F)F)c1. The van der Waals surface area contributed by atoms with E-state index in [1.165, 1.54) is 21.8 Å². The second kappa shape index (κ2) is 6.44. The molecule has 0 saturated heterocycles. The lowest BCUT2D eigenvalue weighted by Gasteiger charge is -2.28. The molecule has 0 bridgehead atoms. The lowest BCUT2D eigenvalue weighted by Crippen LogP contribution is -2.34. The number of halogens is 3. The summed E-state index contributed by atoms with van der Waals surface area (Å²) in [6.07, 6.45) is -2.89. The van der Waals surface area contributed by atoms with Crippen molar-refractivity contribution in [3.63, 3.8) is 0 Å². The Kier molecular flexibility index (Phi) is 4.77.